The number of carbonyl (C=O) groups is 2. The molecule has 1 unspecified atom stereocenters. The Balaban J connectivity index is 1.41. The lowest BCUT2D eigenvalue weighted by atomic mass is 9.94. The van der Waals surface area contributed by atoms with Crippen molar-refractivity contribution >= 4 is 17.4 Å². The third-order valence-corrected chi connectivity index (χ3v) is 7.09. The molecule has 7 nitrogen and oxygen atoms in total. The minimum absolute atomic E-state index is 0.0973. The van der Waals surface area contributed by atoms with E-state index in [0.29, 0.717) is 37.4 Å². The molecule has 0 aliphatic carbocycles. The van der Waals surface area contributed by atoms with E-state index in [1.54, 1.807) is 41.7 Å². The molecule has 0 spiro atoms. The van der Waals surface area contributed by atoms with Crippen molar-refractivity contribution in [2.75, 3.05) is 6.54 Å². The number of nitrogens with zero attached hydrogens (tertiary/aromatic N) is 3. The summed E-state index contributed by atoms with van der Waals surface area (Å²) in [6.45, 7) is 5.47. The lowest BCUT2D eigenvalue weighted by Gasteiger charge is -2.25. The molecule has 0 bridgehead atoms. The third-order valence-electron chi connectivity index (χ3n) is 7.09. The van der Waals surface area contributed by atoms with Gasteiger partial charge in [0.05, 0.1) is 17.9 Å². The number of imidazole rings is 1. The average molecular weight is 522 g/mol. The van der Waals surface area contributed by atoms with Gasteiger partial charge in [-0.2, -0.15) is 0 Å². The van der Waals surface area contributed by atoms with Crippen molar-refractivity contribution in [3.05, 3.63) is 125 Å². The van der Waals surface area contributed by atoms with Gasteiger partial charge in [-0.25, -0.2) is 4.98 Å². The summed E-state index contributed by atoms with van der Waals surface area (Å²) in [4.78, 5) is 32.1. The molecule has 1 N–H and O–H groups in total. The Bertz CT molecular complexity index is 1490. The summed E-state index contributed by atoms with van der Waals surface area (Å²) in [5, 5.41) is 11.4. The predicted molar refractivity (Wildman–Crippen MR) is 149 cm³/mol. The van der Waals surface area contributed by atoms with Gasteiger partial charge in [0.2, 0.25) is 0 Å². The van der Waals surface area contributed by atoms with Crippen LogP contribution in [0.1, 0.15) is 40.3 Å². The molecule has 5 rings (SSSR count). The zero-order chi connectivity index (χ0) is 27.4. The maximum Gasteiger partial charge on any atom is 0.295 e. The standard InChI is InChI=1S/C32H31N3O4/c1-22-8-10-24(11-9-22)29-28(31(37)32(38)35(29)18-5-17-34-19-16-33-21-34)30(36)25-12-14-27(15-13-25)39-20-26-7-4-3-6-23(26)2/h3-4,6-16,19,21,29,36H,5,17-18,20H2,1-2H3. The van der Waals surface area contributed by atoms with Gasteiger partial charge < -0.3 is 19.3 Å². The molecule has 1 aliphatic rings. The Morgan fingerprint density at radius 1 is 0.949 bits per heavy atom. The summed E-state index contributed by atoms with van der Waals surface area (Å²) < 4.78 is 7.86. The molecule has 1 amide bonds. The second kappa shape index (κ2) is 11.4. The summed E-state index contributed by atoms with van der Waals surface area (Å²) in [5.74, 6) is -0.835. The van der Waals surface area contributed by atoms with Crippen LogP contribution in [-0.2, 0) is 22.7 Å². The Hall–Kier alpha value is -4.65. The summed E-state index contributed by atoms with van der Waals surface area (Å²) in [6, 6.07) is 22.0. The van der Waals surface area contributed by atoms with Crippen molar-refractivity contribution in [2.24, 2.45) is 0 Å². The van der Waals surface area contributed by atoms with E-state index >= 15 is 0 Å². The van der Waals surface area contributed by atoms with Crippen LogP contribution < -0.4 is 4.74 Å². The van der Waals surface area contributed by atoms with E-state index in [0.717, 1.165) is 22.3 Å². The van der Waals surface area contributed by atoms with Crippen LogP contribution in [0.15, 0.2) is 97.1 Å². The van der Waals surface area contributed by atoms with E-state index in [4.69, 9.17) is 4.74 Å². The van der Waals surface area contributed by atoms with Crippen LogP contribution in [0.25, 0.3) is 5.76 Å². The summed E-state index contributed by atoms with van der Waals surface area (Å²) in [6.07, 6.45) is 5.93. The van der Waals surface area contributed by atoms with Crippen LogP contribution >= 0.6 is 0 Å². The monoisotopic (exact) mass is 521 g/mol. The van der Waals surface area contributed by atoms with Crippen molar-refractivity contribution in [1.29, 1.82) is 0 Å². The molecule has 198 valence electrons. The molecule has 3 aromatic carbocycles. The van der Waals surface area contributed by atoms with Gasteiger partial charge in [-0.3, -0.25) is 9.59 Å². The number of carbonyl (C=O) groups excluding carboxylic acids is 2. The van der Waals surface area contributed by atoms with E-state index in [2.05, 4.69) is 4.98 Å². The molecule has 1 fully saturated rings. The third kappa shape index (κ3) is 5.62. The molecule has 1 atom stereocenters. The zero-order valence-electron chi connectivity index (χ0n) is 22.1. The molecule has 7 heteroatoms. The molecule has 2 heterocycles. The van der Waals surface area contributed by atoms with Crippen LogP contribution in [0.5, 0.6) is 5.75 Å². The number of ether oxygens (including phenoxy) is 1. The molecule has 0 saturated carbocycles. The molecular formula is C32H31N3O4. The van der Waals surface area contributed by atoms with Crippen molar-refractivity contribution in [3.8, 4) is 5.75 Å². The first-order chi connectivity index (χ1) is 18.9. The van der Waals surface area contributed by atoms with Gasteiger partial charge >= 0.3 is 0 Å². The molecule has 0 radical (unpaired) electrons. The quantitative estimate of drug-likeness (QED) is 0.176. The molecule has 1 aliphatic heterocycles. The Morgan fingerprint density at radius 3 is 2.38 bits per heavy atom. The number of aryl methyl sites for hydroxylation is 3. The van der Waals surface area contributed by atoms with Gasteiger partial charge in [-0.1, -0.05) is 54.1 Å². The van der Waals surface area contributed by atoms with Gasteiger partial charge in [-0.05, 0) is 61.2 Å². The summed E-state index contributed by atoms with van der Waals surface area (Å²) in [7, 11) is 0. The molecule has 1 saturated heterocycles. The number of aromatic nitrogens is 2. The van der Waals surface area contributed by atoms with Gasteiger partial charge in [0.25, 0.3) is 11.7 Å². The number of amides is 1. The molecule has 39 heavy (non-hydrogen) atoms. The van der Waals surface area contributed by atoms with Crippen LogP contribution in [0.2, 0.25) is 0 Å². The maximum atomic E-state index is 13.3. The SMILES string of the molecule is Cc1ccc(C2C(=C(O)c3ccc(OCc4ccccc4C)cc3)C(=O)C(=O)N2CCCn2ccnc2)cc1. The largest absolute Gasteiger partial charge is 0.507 e. The van der Waals surface area contributed by atoms with Crippen LogP contribution in [-0.4, -0.2) is 37.8 Å². The number of ketones is 1. The van der Waals surface area contributed by atoms with Gasteiger partial charge in [0.1, 0.15) is 18.1 Å². The smallest absolute Gasteiger partial charge is 0.295 e. The van der Waals surface area contributed by atoms with E-state index in [1.165, 1.54) is 0 Å². The number of aliphatic hydroxyl groups excluding tert-OH is 1. The minimum Gasteiger partial charge on any atom is -0.507 e. The first-order valence-corrected chi connectivity index (χ1v) is 13.0. The van der Waals surface area contributed by atoms with Crippen molar-refractivity contribution in [2.45, 2.75) is 39.5 Å². The highest BCUT2D eigenvalue weighted by atomic mass is 16.5. The van der Waals surface area contributed by atoms with Gasteiger partial charge in [0, 0.05) is 31.0 Å². The van der Waals surface area contributed by atoms with E-state index in [1.807, 2.05) is 73.1 Å². The first-order valence-electron chi connectivity index (χ1n) is 13.0. The fraction of sp³-hybridized carbons (Fsp3) is 0.219. The summed E-state index contributed by atoms with van der Waals surface area (Å²) in [5.41, 5.74) is 4.64. The number of hydrogen-bond donors (Lipinski definition) is 1. The Morgan fingerprint density at radius 2 is 1.69 bits per heavy atom. The second-order valence-electron chi connectivity index (χ2n) is 9.80. The number of benzene rings is 3. The van der Waals surface area contributed by atoms with E-state index < -0.39 is 17.7 Å². The lowest BCUT2D eigenvalue weighted by Crippen LogP contribution is -2.31. The number of Topliss-reactive ketones (excluding diaryl/α,β-unsaturated/α-hetero) is 1. The van der Waals surface area contributed by atoms with Crippen LogP contribution in [0.3, 0.4) is 0 Å². The van der Waals surface area contributed by atoms with Crippen LogP contribution in [0, 0.1) is 13.8 Å². The van der Waals surface area contributed by atoms with Crippen molar-refractivity contribution in [1.82, 2.24) is 14.5 Å². The molecular weight excluding hydrogens is 490 g/mol. The highest BCUT2D eigenvalue weighted by Gasteiger charge is 2.45. The first kappa shape index (κ1) is 26.0. The van der Waals surface area contributed by atoms with Gasteiger partial charge in [0.15, 0.2) is 0 Å². The number of hydrogen-bond acceptors (Lipinski definition) is 5. The average Bonchev–Trinajstić information content (AvgIpc) is 3.55. The zero-order valence-corrected chi connectivity index (χ0v) is 22.1. The van der Waals surface area contributed by atoms with Crippen molar-refractivity contribution < 1.29 is 19.4 Å². The normalized spacial score (nSPS) is 16.6. The number of rotatable bonds is 9. The van der Waals surface area contributed by atoms with Crippen LogP contribution in [0.4, 0.5) is 0 Å². The van der Waals surface area contributed by atoms with E-state index in [-0.39, 0.29) is 11.3 Å². The minimum atomic E-state index is -0.680. The Labute approximate surface area is 228 Å². The highest BCUT2D eigenvalue weighted by molar-refractivity contribution is 6.46. The summed E-state index contributed by atoms with van der Waals surface area (Å²) >= 11 is 0. The maximum absolute atomic E-state index is 13.3. The topological polar surface area (TPSA) is 84.7 Å². The van der Waals surface area contributed by atoms with E-state index in [9.17, 15) is 14.7 Å². The number of aliphatic hydroxyl groups is 1. The fourth-order valence-electron chi connectivity index (χ4n) is 4.85. The molecule has 4 aromatic rings. The Kier molecular flexibility index (Phi) is 7.59. The number of likely N-dealkylation sites (tertiary alicyclic amines) is 1. The molecule has 1 aromatic heterocycles. The lowest BCUT2D eigenvalue weighted by molar-refractivity contribution is -0.139. The predicted octanol–water partition coefficient (Wildman–Crippen LogP) is 5.59. The van der Waals surface area contributed by atoms with Crippen molar-refractivity contribution in [3.63, 3.8) is 0 Å². The fourth-order valence-corrected chi connectivity index (χ4v) is 4.85. The highest BCUT2D eigenvalue weighted by Crippen LogP contribution is 2.39. The van der Waals surface area contributed by atoms with Gasteiger partial charge in [-0.15, -0.1) is 0 Å². The second-order valence-corrected chi connectivity index (χ2v) is 9.80.